The highest BCUT2D eigenvalue weighted by atomic mass is 33.1. The summed E-state index contributed by atoms with van der Waals surface area (Å²) >= 11 is 0. The van der Waals surface area contributed by atoms with Crippen LogP contribution in [0.15, 0.2) is 48.5 Å². The molecule has 1 heterocycles. The van der Waals surface area contributed by atoms with E-state index in [0.717, 1.165) is 19.3 Å². The van der Waals surface area contributed by atoms with E-state index in [4.69, 9.17) is 9.47 Å². The molecule has 1 saturated heterocycles. The van der Waals surface area contributed by atoms with Gasteiger partial charge < -0.3 is 14.3 Å². The maximum atomic E-state index is 12.6. The number of benzene rings is 2. The van der Waals surface area contributed by atoms with Crippen LogP contribution in [0.25, 0.3) is 0 Å². The van der Waals surface area contributed by atoms with Gasteiger partial charge in [0.15, 0.2) is 0 Å². The second-order valence-electron chi connectivity index (χ2n) is 7.08. The van der Waals surface area contributed by atoms with Gasteiger partial charge in [-0.15, -0.1) is 10.1 Å². The first-order valence-corrected chi connectivity index (χ1v) is 12.6. The third-order valence-electron chi connectivity index (χ3n) is 4.69. The largest absolute Gasteiger partial charge is 0.426 e. The lowest BCUT2D eigenvalue weighted by Crippen LogP contribution is -2.14. The van der Waals surface area contributed by atoms with Crippen molar-refractivity contribution in [3.63, 3.8) is 0 Å². The highest BCUT2D eigenvalue weighted by molar-refractivity contribution is 8.77. The van der Waals surface area contributed by atoms with E-state index in [1.54, 1.807) is 30.3 Å². The van der Waals surface area contributed by atoms with Crippen LogP contribution in [0.5, 0.6) is 11.5 Å². The Balaban J connectivity index is 1.50. The van der Waals surface area contributed by atoms with Gasteiger partial charge in [0.25, 0.3) is 5.09 Å². The van der Waals surface area contributed by atoms with Crippen LogP contribution in [-0.4, -0.2) is 28.0 Å². The van der Waals surface area contributed by atoms with E-state index < -0.39 is 11.1 Å². The number of rotatable bonds is 11. The van der Waals surface area contributed by atoms with Crippen LogP contribution < -0.4 is 9.47 Å². The van der Waals surface area contributed by atoms with E-state index in [0.29, 0.717) is 17.2 Å². The molecule has 2 aromatic carbocycles. The van der Waals surface area contributed by atoms with Gasteiger partial charge in [0.2, 0.25) is 0 Å². The normalized spacial score (nSPS) is 15.2. The monoisotopic (exact) mass is 477 g/mol. The van der Waals surface area contributed by atoms with Crippen LogP contribution in [0.4, 0.5) is 0 Å². The molecule has 0 aromatic heterocycles. The molecule has 0 radical (unpaired) electrons. The summed E-state index contributed by atoms with van der Waals surface area (Å²) in [5.74, 6) is 0.558. The molecule has 0 amide bonds. The van der Waals surface area contributed by atoms with Gasteiger partial charge in [-0.1, -0.05) is 52.3 Å². The number of hydrogen-bond acceptors (Lipinski definition) is 9. The molecule has 1 aliphatic heterocycles. The lowest BCUT2D eigenvalue weighted by atomic mass is 10.1. The SMILES string of the molecule is O=C(CCCCC1CCSS1)Oc1ccccc1C(=O)Oc1ccc(CO[N+](=O)[O-])cc1. The van der Waals surface area contributed by atoms with E-state index in [2.05, 4.69) is 4.84 Å². The minimum atomic E-state index is -0.875. The number of unbranched alkanes of at least 4 members (excludes halogenated alkanes) is 1. The van der Waals surface area contributed by atoms with Gasteiger partial charge in [-0.2, -0.15) is 0 Å². The predicted molar refractivity (Wildman–Crippen MR) is 122 cm³/mol. The number of esters is 2. The molecule has 0 spiro atoms. The van der Waals surface area contributed by atoms with Gasteiger partial charge in [-0.3, -0.25) is 4.79 Å². The molecule has 8 nitrogen and oxygen atoms in total. The summed E-state index contributed by atoms with van der Waals surface area (Å²) in [6.07, 6.45) is 4.34. The molecule has 1 aliphatic rings. The quantitative estimate of drug-likeness (QED) is 0.107. The predicted octanol–water partition coefficient (Wildman–Crippen LogP) is 5.23. The molecule has 0 N–H and O–H groups in total. The van der Waals surface area contributed by atoms with Gasteiger partial charge in [-0.25, -0.2) is 4.79 Å². The number of hydrogen-bond donors (Lipinski definition) is 0. The minimum Gasteiger partial charge on any atom is -0.426 e. The highest BCUT2D eigenvalue weighted by Gasteiger charge is 2.18. The standard InChI is InChI=1S/C22H23NO7S2/c24-21(8-4-1-5-18-13-14-31-32-18)30-20-7-3-2-6-19(20)22(25)29-17-11-9-16(10-12-17)15-28-23(26)27/h2-3,6-7,9-12,18H,1,4-5,8,13-15H2. The van der Waals surface area contributed by atoms with Crippen molar-refractivity contribution in [2.24, 2.45) is 0 Å². The fraction of sp³-hybridized carbons (Fsp3) is 0.364. The summed E-state index contributed by atoms with van der Waals surface area (Å²) in [4.78, 5) is 39.4. The van der Waals surface area contributed by atoms with Gasteiger partial charge in [0.05, 0.1) is 0 Å². The Bertz CT molecular complexity index is 930. The van der Waals surface area contributed by atoms with Gasteiger partial charge >= 0.3 is 11.9 Å². The van der Waals surface area contributed by atoms with Crippen LogP contribution in [0.3, 0.4) is 0 Å². The third-order valence-corrected chi connectivity index (χ3v) is 7.69. The lowest BCUT2D eigenvalue weighted by Gasteiger charge is -2.11. The smallest absolute Gasteiger partial charge is 0.347 e. The second-order valence-corrected chi connectivity index (χ2v) is 9.86. The molecule has 1 atom stereocenters. The Morgan fingerprint density at radius 2 is 1.84 bits per heavy atom. The molecule has 1 unspecified atom stereocenters. The van der Waals surface area contributed by atoms with E-state index in [1.807, 2.05) is 21.6 Å². The fourth-order valence-electron chi connectivity index (χ4n) is 3.05. The zero-order chi connectivity index (χ0) is 22.8. The highest BCUT2D eigenvalue weighted by Crippen LogP contribution is 2.39. The van der Waals surface area contributed by atoms with Gasteiger partial charge in [-0.05, 0) is 49.1 Å². The van der Waals surface area contributed by atoms with Crippen molar-refractivity contribution in [1.82, 2.24) is 0 Å². The maximum Gasteiger partial charge on any atom is 0.347 e. The molecule has 0 aliphatic carbocycles. The Morgan fingerprint density at radius 1 is 1.06 bits per heavy atom. The summed E-state index contributed by atoms with van der Waals surface area (Å²) in [6.45, 7) is -0.196. The molecule has 1 fully saturated rings. The average molecular weight is 478 g/mol. The van der Waals surface area contributed by atoms with E-state index in [-0.39, 0.29) is 29.6 Å². The first-order chi connectivity index (χ1) is 15.5. The van der Waals surface area contributed by atoms with Crippen LogP contribution >= 0.6 is 21.6 Å². The first-order valence-electron chi connectivity index (χ1n) is 10.2. The van der Waals surface area contributed by atoms with Crippen molar-refractivity contribution >= 4 is 33.5 Å². The molecular formula is C22H23NO7S2. The molecule has 2 aromatic rings. The first kappa shape index (κ1) is 23.9. The van der Waals surface area contributed by atoms with Crippen LogP contribution in [-0.2, 0) is 16.2 Å². The van der Waals surface area contributed by atoms with Crippen molar-refractivity contribution in [1.29, 1.82) is 0 Å². The zero-order valence-corrected chi connectivity index (χ0v) is 18.9. The molecule has 0 saturated carbocycles. The Hall–Kier alpha value is -2.72. The summed E-state index contributed by atoms with van der Waals surface area (Å²) < 4.78 is 10.8. The number of nitrogens with zero attached hydrogens (tertiary/aromatic N) is 1. The Labute approximate surface area is 193 Å². The molecule has 170 valence electrons. The number of carbonyl (C=O) groups is 2. The van der Waals surface area contributed by atoms with Crippen LogP contribution in [0.2, 0.25) is 0 Å². The van der Waals surface area contributed by atoms with E-state index in [9.17, 15) is 19.7 Å². The lowest BCUT2D eigenvalue weighted by molar-refractivity contribution is -0.763. The molecule has 10 heteroatoms. The van der Waals surface area contributed by atoms with Crippen LogP contribution in [0, 0.1) is 10.1 Å². The fourth-order valence-corrected chi connectivity index (χ4v) is 6.07. The Kier molecular flexibility index (Phi) is 9.24. The van der Waals surface area contributed by atoms with Crippen molar-refractivity contribution < 1.29 is 29.0 Å². The van der Waals surface area contributed by atoms with Crippen LogP contribution in [0.1, 0.15) is 48.0 Å². The summed E-state index contributed by atoms with van der Waals surface area (Å²) in [7, 11) is 3.84. The minimum absolute atomic E-state index is 0.140. The molecule has 32 heavy (non-hydrogen) atoms. The molecule has 0 bridgehead atoms. The van der Waals surface area contributed by atoms with Crippen molar-refractivity contribution in [2.45, 2.75) is 44.0 Å². The van der Waals surface area contributed by atoms with Crippen molar-refractivity contribution in [2.75, 3.05) is 5.75 Å². The average Bonchev–Trinajstić information content (AvgIpc) is 3.30. The second kappa shape index (κ2) is 12.4. The number of ether oxygens (including phenoxy) is 2. The third kappa shape index (κ3) is 7.76. The van der Waals surface area contributed by atoms with E-state index in [1.165, 1.54) is 30.4 Å². The summed E-state index contributed by atoms with van der Waals surface area (Å²) in [6, 6.07) is 12.5. The summed E-state index contributed by atoms with van der Waals surface area (Å²) in [5.41, 5.74) is 0.696. The number of carbonyl (C=O) groups excluding carboxylic acids is 2. The van der Waals surface area contributed by atoms with Crippen molar-refractivity contribution in [3.8, 4) is 11.5 Å². The maximum absolute atomic E-state index is 12.6. The summed E-state index contributed by atoms with van der Waals surface area (Å²) in [5, 5.41) is 10.1. The zero-order valence-electron chi connectivity index (χ0n) is 17.3. The van der Waals surface area contributed by atoms with Gasteiger partial charge in [0, 0.05) is 17.4 Å². The van der Waals surface area contributed by atoms with Crippen molar-refractivity contribution in [3.05, 3.63) is 69.8 Å². The van der Waals surface area contributed by atoms with E-state index >= 15 is 0 Å². The van der Waals surface area contributed by atoms with Gasteiger partial charge in [0.1, 0.15) is 23.7 Å². The number of para-hydroxylation sites is 1. The molecular weight excluding hydrogens is 454 g/mol. The Morgan fingerprint density at radius 3 is 2.56 bits per heavy atom. The molecule has 3 rings (SSSR count). The topological polar surface area (TPSA) is 105 Å².